The Hall–Kier alpha value is -1.75. The van der Waals surface area contributed by atoms with Gasteiger partial charge in [-0.15, -0.1) is 0 Å². The molecular formula is C16H23N3O2. The molecule has 1 aromatic carbocycles. The van der Waals surface area contributed by atoms with Gasteiger partial charge in [-0.3, -0.25) is 4.79 Å². The quantitative estimate of drug-likeness (QED) is 0.889. The highest BCUT2D eigenvalue weighted by molar-refractivity contribution is 5.99. The first-order chi connectivity index (χ1) is 10.3. The van der Waals surface area contributed by atoms with Crippen LogP contribution in [-0.4, -0.2) is 49.6 Å². The van der Waals surface area contributed by atoms with Crippen LogP contribution in [0, 0.1) is 0 Å². The lowest BCUT2D eigenvalue weighted by atomic mass is 10.0. The summed E-state index contributed by atoms with van der Waals surface area (Å²) in [5, 5.41) is 6.42. The van der Waals surface area contributed by atoms with Crippen molar-refractivity contribution in [1.29, 1.82) is 0 Å². The number of benzene rings is 1. The lowest BCUT2D eigenvalue weighted by Gasteiger charge is -2.31. The van der Waals surface area contributed by atoms with Crippen LogP contribution in [-0.2, 0) is 0 Å². The van der Waals surface area contributed by atoms with Crippen molar-refractivity contribution in [3.8, 4) is 5.75 Å². The molecule has 2 N–H and O–H groups in total. The molecule has 1 aromatic rings. The molecule has 21 heavy (non-hydrogen) atoms. The number of ether oxygens (including phenoxy) is 1. The first kappa shape index (κ1) is 14.2. The van der Waals surface area contributed by atoms with Crippen molar-refractivity contribution in [2.75, 3.05) is 38.1 Å². The molecule has 1 saturated heterocycles. The van der Waals surface area contributed by atoms with E-state index >= 15 is 0 Å². The van der Waals surface area contributed by atoms with E-state index in [1.165, 1.54) is 0 Å². The fourth-order valence-electron chi connectivity index (χ4n) is 3.01. The average molecular weight is 289 g/mol. The van der Waals surface area contributed by atoms with Crippen LogP contribution in [0.2, 0.25) is 0 Å². The number of fused-ring (bicyclic) bond motifs is 1. The van der Waals surface area contributed by atoms with Gasteiger partial charge in [-0.2, -0.15) is 0 Å². The van der Waals surface area contributed by atoms with Crippen molar-refractivity contribution in [1.82, 2.24) is 10.2 Å². The molecule has 2 heterocycles. The van der Waals surface area contributed by atoms with Gasteiger partial charge in [-0.1, -0.05) is 13.0 Å². The molecule has 2 aliphatic heterocycles. The number of piperidine rings is 1. The Morgan fingerprint density at radius 3 is 3.00 bits per heavy atom. The Balaban J connectivity index is 1.66. The minimum absolute atomic E-state index is 0.0227. The third-order valence-corrected chi connectivity index (χ3v) is 4.29. The molecule has 0 atom stereocenters. The van der Waals surface area contributed by atoms with Crippen LogP contribution < -0.4 is 15.4 Å². The maximum absolute atomic E-state index is 12.5. The van der Waals surface area contributed by atoms with E-state index in [0.717, 1.165) is 44.7 Å². The van der Waals surface area contributed by atoms with Crippen molar-refractivity contribution in [2.45, 2.75) is 25.8 Å². The summed E-state index contributed by atoms with van der Waals surface area (Å²) in [6.45, 7) is 6.78. The van der Waals surface area contributed by atoms with E-state index in [9.17, 15) is 4.79 Å². The van der Waals surface area contributed by atoms with E-state index in [-0.39, 0.29) is 11.9 Å². The van der Waals surface area contributed by atoms with Crippen molar-refractivity contribution >= 4 is 11.6 Å². The van der Waals surface area contributed by atoms with Crippen LogP contribution >= 0.6 is 0 Å². The van der Waals surface area contributed by atoms with Gasteiger partial charge >= 0.3 is 0 Å². The molecule has 0 saturated carbocycles. The number of likely N-dealkylation sites (tertiary alicyclic amines) is 1. The molecule has 2 aliphatic rings. The number of nitrogens with zero attached hydrogens (tertiary/aromatic N) is 1. The summed E-state index contributed by atoms with van der Waals surface area (Å²) < 4.78 is 5.67. The zero-order valence-electron chi connectivity index (χ0n) is 12.5. The first-order valence-electron chi connectivity index (χ1n) is 7.81. The summed E-state index contributed by atoms with van der Waals surface area (Å²) in [6.07, 6.45) is 2.04. The molecule has 5 heteroatoms. The van der Waals surface area contributed by atoms with Gasteiger partial charge in [0.25, 0.3) is 5.91 Å². The molecule has 0 spiro atoms. The number of hydrogen-bond donors (Lipinski definition) is 2. The molecule has 0 bridgehead atoms. The van der Waals surface area contributed by atoms with E-state index in [1.807, 2.05) is 18.2 Å². The summed E-state index contributed by atoms with van der Waals surface area (Å²) in [4.78, 5) is 14.9. The van der Waals surface area contributed by atoms with Crippen molar-refractivity contribution in [2.24, 2.45) is 0 Å². The second-order valence-corrected chi connectivity index (χ2v) is 5.64. The molecule has 3 rings (SSSR count). The summed E-state index contributed by atoms with van der Waals surface area (Å²) in [5.41, 5.74) is 1.55. The maximum atomic E-state index is 12.5. The Morgan fingerprint density at radius 2 is 2.24 bits per heavy atom. The molecular weight excluding hydrogens is 266 g/mol. The largest absolute Gasteiger partial charge is 0.489 e. The SMILES string of the molecule is CCN1CCC(NC(=O)c2cccc3c2OCCN3)CC1. The number of nitrogens with one attached hydrogen (secondary N) is 2. The molecule has 1 fully saturated rings. The second-order valence-electron chi connectivity index (χ2n) is 5.64. The minimum atomic E-state index is -0.0227. The molecule has 0 radical (unpaired) electrons. The molecule has 0 unspecified atom stereocenters. The van der Waals surface area contributed by atoms with Crippen LogP contribution in [0.1, 0.15) is 30.1 Å². The van der Waals surface area contributed by atoms with Gasteiger partial charge in [0, 0.05) is 25.7 Å². The molecule has 5 nitrogen and oxygen atoms in total. The van der Waals surface area contributed by atoms with E-state index < -0.39 is 0 Å². The third-order valence-electron chi connectivity index (χ3n) is 4.29. The number of hydrogen-bond acceptors (Lipinski definition) is 4. The maximum Gasteiger partial charge on any atom is 0.255 e. The number of anilines is 1. The minimum Gasteiger partial charge on any atom is -0.489 e. The average Bonchev–Trinajstić information content (AvgIpc) is 2.55. The highest BCUT2D eigenvalue weighted by Crippen LogP contribution is 2.31. The van der Waals surface area contributed by atoms with Gasteiger partial charge in [0.1, 0.15) is 6.61 Å². The van der Waals surface area contributed by atoms with Gasteiger partial charge in [-0.05, 0) is 31.5 Å². The summed E-state index contributed by atoms with van der Waals surface area (Å²) in [6, 6.07) is 5.95. The Labute approximate surface area is 125 Å². The highest BCUT2D eigenvalue weighted by Gasteiger charge is 2.23. The van der Waals surface area contributed by atoms with Crippen molar-refractivity contribution in [3.05, 3.63) is 23.8 Å². The highest BCUT2D eigenvalue weighted by atomic mass is 16.5. The van der Waals surface area contributed by atoms with Crippen LogP contribution in [0.5, 0.6) is 5.75 Å². The predicted octanol–water partition coefficient (Wildman–Crippen LogP) is 1.70. The van der Waals surface area contributed by atoms with Gasteiger partial charge in [0.15, 0.2) is 5.75 Å². The number of carbonyl (C=O) groups excluding carboxylic acids is 1. The fraction of sp³-hybridized carbons (Fsp3) is 0.562. The lowest BCUT2D eigenvalue weighted by molar-refractivity contribution is 0.0908. The Bertz CT molecular complexity index is 510. The fourth-order valence-corrected chi connectivity index (χ4v) is 3.01. The van der Waals surface area contributed by atoms with Crippen LogP contribution in [0.15, 0.2) is 18.2 Å². The summed E-state index contributed by atoms with van der Waals surface area (Å²) in [5.74, 6) is 0.665. The van der Waals surface area contributed by atoms with E-state index in [1.54, 1.807) is 0 Å². The zero-order valence-corrected chi connectivity index (χ0v) is 12.5. The Morgan fingerprint density at radius 1 is 1.43 bits per heavy atom. The van der Waals surface area contributed by atoms with Gasteiger partial charge in [0.05, 0.1) is 11.3 Å². The third kappa shape index (κ3) is 3.13. The number of carbonyl (C=O) groups is 1. The molecule has 114 valence electrons. The topological polar surface area (TPSA) is 53.6 Å². The standard InChI is InChI=1S/C16H23N3O2/c1-2-19-9-6-12(7-10-19)18-16(20)13-4-3-5-14-15(13)21-11-8-17-14/h3-5,12,17H,2,6-11H2,1H3,(H,18,20). The lowest BCUT2D eigenvalue weighted by Crippen LogP contribution is -2.44. The van der Waals surface area contributed by atoms with E-state index in [0.29, 0.717) is 17.9 Å². The van der Waals surface area contributed by atoms with Crippen molar-refractivity contribution < 1.29 is 9.53 Å². The van der Waals surface area contributed by atoms with E-state index in [4.69, 9.17) is 4.74 Å². The summed E-state index contributed by atoms with van der Waals surface area (Å²) >= 11 is 0. The Kier molecular flexibility index (Phi) is 4.29. The smallest absolute Gasteiger partial charge is 0.255 e. The van der Waals surface area contributed by atoms with Crippen LogP contribution in [0.4, 0.5) is 5.69 Å². The summed E-state index contributed by atoms with van der Waals surface area (Å²) in [7, 11) is 0. The predicted molar refractivity (Wildman–Crippen MR) is 83.0 cm³/mol. The van der Waals surface area contributed by atoms with Crippen molar-refractivity contribution in [3.63, 3.8) is 0 Å². The molecule has 1 amide bonds. The number of para-hydroxylation sites is 1. The second kappa shape index (κ2) is 6.35. The molecule has 0 aliphatic carbocycles. The monoisotopic (exact) mass is 289 g/mol. The van der Waals surface area contributed by atoms with Crippen LogP contribution in [0.25, 0.3) is 0 Å². The first-order valence-corrected chi connectivity index (χ1v) is 7.81. The number of amides is 1. The normalized spacial score (nSPS) is 19.3. The number of rotatable bonds is 3. The van der Waals surface area contributed by atoms with Gasteiger partial charge in [0.2, 0.25) is 0 Å². The van der Waals surface area contributed by atoms with E-state index in [2.05, 4.69) is 22.5 Å². The zero-order chi connectivity index (χ0) is 14.7. The van der Waals surface area contributed by atoms with Gasteiger partial charge < -0.3 is 20.3 Å². The van der Waals surface area contributed by atoms with Gasteiger partial charge in [-0.25, -0.2) is 0 Å². The van der Waals surface area contributed by atoms with Crippen LogP contribution in [0.3, 0.4) is 0 Å². The molecule has 0 aromatic heterocycles.